The van der Waals surface area contributed by atoms with E-state index in [2.05, 4.69) is 6.07 Å². The molecule has 0 radical (unpaired) electrons. The van der Waals surface area contributed by atoms with Gasteiger partial charge in [-0.05, 0) is 29.8 Å². The highest BCUT2D eigenvalue weighted by molar-refractivity contribution is 6.30. The van der Waals surface area contributed by atoms with Gasteiger partial charge in [0.1, 0.15) is 0 Å². The summed E-state index contributed by atoms with van der Waals surface area (Å²) >= 11 is 5.84. The van der Waals surface area contributed by atoms with E-state index in [1.807, 2.05) is 35.2 Å². The van der Waals surface area contributed by atoms with Crippen molar-refractivity contribution in [1.29, 1.82) is 5.26 Å². The molecular formula is C18H17ClN2O. The Morgan fingerprint density at radius 1 is 1.09 bits per heavy atom. The molecule has 0 heterocycles. The van der Waals surface area contributed by atoms with Crippen LogP contribution in [0.2, 0.25) is 5.02 Å². The van der Waals surface area contributed by atoms with Gasteiger partial charge in [-0.3, -0.25) is 9.69 Å². The molecule has 0 N–H and O–H groups in total. The maximum atomic E-state index is 12.4. The van der Waals surface area contributed by atoms with Crippen molar-refractivity contribution >= 4 is 17.4 Å². The summed E-state index contributed by atoms with van der Waals surface area (Å²) in [7, 11) is 0. The summed E-state index contributed by atoms with van der Waals surface area (Å²) in [6, 6.07) is 19.0. The molecule has 0 fully saturated rings. The molecule has 2 rings (SSSR count). The van der Waals surface area contributed by atoms with Crippen molar-refractivity contribution < 1.29 is 4.79 Å². The number of hydrogen-bond acceptors (Lipinski definition) is 3. The fraction of sp³-hybridized carbons (Fsp3) is 0.222. The van der Waals surface area contributed by atoms with E-state index >= 15 is 0 Å². The SMILES string of the molecule is N#CCCN(CC(=O)c1ccc(Cl)cc1)Cc1ccccc1. The van der Waals surface area contributed by atoms with Gasteiger partial charge in [0.25, 0.3) is 0 Å². The number of nitriles is 1. The van der Waals surface area contributed by atoms with Gasteiger partial charge in [0, 0.05) is 30.1 Å². The zero-order valence-electron chi connectivity index (χ0n) is 12.2. The molecular weight excluding hydrogens is 296 g/mol. The summed E-state index contributed by atoms with van der Waals surface area (Å²) in [6.45, 7) is 1.52. The molecule has 0 unspecified atom stereocenters. The topological polar surface area (TPSA) is 44.1 Å². The first-order valence-electron chi connectivity index (χ1n) is 7.11. The molecule has 4 heteroatoms. The third-order valence-electron chi connectivity index (χ3n) is 3.32. The smallest absolute Gasteiger partial charge is 0.176 e. The van der Waals surface area contributed by atoms with Gasteiger partial charge in [0.2, 0.25) is 0 Å². The van der Waals surface area contributed by atoms with Gasteiger partial charge in [0.05, 0.1) is 12.6 Å². The van der Waals surface area contributed by atoms with E-state index in [1.165, 1.54) is 0 Å². The van der Waals surface area contributed by atoms with Crippen LogP contribution in [0.3, 0.4) is 0 Å². The van der Waals surface area contributed by atoms with Crippen molar-refractivity contribution in [2.75, 3.05) is 13.1 Å². The fourth-order valence-electron chi connectivity index (χ4n) is 2.19. The molecule has 0 spiro atoms. The number of Topliss-reactive ketones (excluding diaryl/α,β-unsaturated/α-hetero) is 1. The Morgan fingerprint density at radius 3 is 2.41 bits per heavy atom. The maximum absolute atomic E-state index is 12.4. The van der Waals surface area contributed by atoms with E-state index in [0.29, 0.717) is 30.1 Å². The highest BCUT2D eigenvalue weighted by atomic mass is 35.5. The quantitative estimate of drug-likeness (QED) is 0.727. The van der Waals surface area contributed by atoms with Crippen molar-refractivity contribution in [2.24, 2.45) is 0 Å². The van der Waals surface area contributed by atoms with Crippen LogP contribution in [0, 0.1) is 11.3 Å². The lowest BCUT2D eigenvalue weighted by atomic mass is 10.1. The highest BCUT2D eigenvalue weighted by Crippen LogP contribution is 2.12. The summed E-state index contributed by atoms with van der Waals surface area (Å²) in [6.07, 6.45) is 0.404. The zero-order valence-corrected chi connectivity index (χ0v) is 13.0. The van der Waals surface area contributed by atoms with E-state index < -0.39 is 0 Å². The van der Waals surface area contributed by atoms with Crippen LogP contribution < -0.4 is 0 Å². The van der Waals surface area contributed by atoms with E-state index in [0.717, 1.165) is 5.56 Å². The number of hydrogen-bond donors (Lipinski definition) is 0. The summed E-state index contributed by atoms with van der Waals surface area (Å²) in [5.41, 5.74) is 1.77. The predicted octanol–water partition coefficient (Wildman–Crippen LogP) is 3.94. The Hall–Kier alpha value is -2.15. The van der Waals surface area contributed by atoms with Crippen molar-refractivity contribution in [1.82, 2.24) is 4.90 Å². The van der Waals surface area contributed by atoms with E-state index in [-0.39, 0.29) is 12.3 Å². The second-order valence-corrected chi connectivity index (χ2v) is 5.47. The number of nitrogens with zero attached hydrogens (tertiary/aromatic N) is 2. The Balaban J connectivity index is 2.04. The van der Waals surface area contributed by atoms with Crippen LogP contribution in [0.15, 0.2) is 54.6 Å². The second-order valence-electron chi connectivity index (χ2n) is 5.03. The van der Waals surface area contributed by atoms with Gasteiger partial charge in [-0.2, -0.15) is 5.26 Å². The summed E-state index contributed by atoms with van der Waals surface area (Å²) in [5.74, 6) is 0.0329. The minimum Gasteiger partial charge on any atom is -0.293 e. The lowest BCUT2D eigenvalue weighted by Crippen LogP contribution is -2.30. The molecule has 112 valence electrons. The molecule has 0 bridgehead atoms. The molecule has 0 saturated heterocycles. The number of benzene rings is 2. The van der Waals surface area contributed by atoms with Gasteiger partial charge in [-0.1, -0.05) is 41.9 Å². The summed E-state index contributed by atoms with van der Waals surface area (Å²) < 4.78 is 0. The molecule has 2 aromatic rings. The van der Waals surface area contributed by atoms with E-state index in [4.69, 9.17) is 16.9 Å². The number of rotatable bonds is 7. The monoisotopic (exact) mass is 312 g/mol. The second kappa shape index (κ2) is 8.33. The van der Waals surface area contributed by atoms with Crippen molar-refractivity contribution in [2.45, 2.75) is 13.0 Å². The van der Waals surface area contributed by atoms with Gasteiger partial charge in [0.15, 0.2) is 5.78 Å². The van der Waals surface area contributed by atoms with Crippen LogP contribution in [0.25, 0.3) is 0 Å². The van der Waals surface area contributed by atoms with Crippen LogP contribution in [0.5, 0.6) is 0 Å². The third-order valence-corrected chi connectivity index (χ3v) is 3.57. The largest absolute Gasteiger partial charge is 0.293 e. The molecule has 0 aliphatic carbocycles. The summed E-state index contributed by atoms with van der Waals surface area (Å²) in [4.78, 5) is 14.3. The lowest BCUT2D eigenvalue weighted by Gasteiger charge is -2.20. The average Bonchev–Trinajstić information content (AvgIpc) is 2.54. The Labute approximate surface area is 135 Å². The summed E-state index contributed by atoms with van der Waals surface area (Å²) in [5, 5.41) is 9.40. The fourth-order valence-corrected chi connectivity index (χ4v) is 2.32. The van der Waals surface area contributed by atoms with Gasteiger partial charge < -0.3 is 0 Å². The molecule has 0 aromatic heterocycles. The Morgan fingerprint density at radius 2 is 1.77 bits per heavy atom. The molecule has 0 aliphatic rings. The Kier molecular flexibility index (Phi) is 6.14. The van der Waals surface area contributed by atoms with E-state index in [9.17, 15) is 4.79 Å². The molecule has 0 atom stereocenters. The van der Waals surface area contributed by atoms with Crippen molar-refractivity contribution in [3.63, 3.8) is 0 Å². The lowest BCUT2D eigenvalue weighted by molar-refractivity contribution is 0.0927. The van der Waals surface area contributed by atoms with Crippen LogP contribution >= 0.6 is 11.6 Å². The van der Waals surface area contributed by atoms with E-state index in [1.54, 1.807) is 24.3 Å². The maximum Gasteiger partial charge on any atom is 0.176 e. The van der Waals surface area contributed by atoms with Crippen LogP contribution in [-0.2, 0) is 6.54 Å². The average molecular weight is 313 g/mol. The normalized spacial score (nSPS) is 10.4. The van der Waals surface area contributed by atoms with Gasteiger partial charge >= 0.3 is 0 Å². The minimum atomic E-state index is 0.0329. The third kappa shape index (κ3) is 5.00. The molecule has 0 saturated carbocycles. The number of carbonyl (C=O) groups is 1. The van der Waals surface area contributed by atoms with Crippen molar-refractivity contribution in [3.05, 3.63) is 70.7 Å². The molecule has 22 heavy (non-hydrogen) atoms. The zero-order chi connectivity index (χ0) is 15.8. The standard InChI is InChI=1S/C18H17ClN2O/c19-17-9-7-16(8-10-17)18(22)14-21(12-4-11-20)13-15-5-2-1-3-6-15/h1-3,5-10H,4,12-14H2. The first-order chi connectivity index (χ1) is 10.7. The number of carbonyl (C=O) groups excluding carboxylic acids is 1. The predicted molar refractivity (Wildman–Crippen MR) is 87.7 cm³/mol. The first-order valence-corrected chi connectivity index (χ1v) is 7.49. The highest BCUT2D eigenvalue weighted by Gasteiger charge is 2.13. The van der Waals surface area contributed by atoms with Crippen molar-refractivity contribution in [3.8, 4) is 6.07 Å². The molecule has 0 aliphatic heterocycles. The minimum absolute atomic E-state index is 0.0329. The molecule has 2 aromatic carbocycles. The van der Waals surface area contributed by atoms with Crippen LogP contribution in [0.4, 0.5) is 0 Å². The van der Waals surface area contributed by atoms with Gasteiger partial charge in [-0.15, -0.1) is 0 Å². The van der Waals surface area contributed by atoms with Crippen LogP contribution in [0.1, 0.15) is 22.3 Å². The molecule has 3 nitrogen and oxygen atoms in total. The first kappa shape index (κ1) is 16.2. The van der Waals surface area contributed by atoms with Crippen LogP contribution in [-0.4, -0.2) is 23.8 Å². The number of halogens is 1. The Bertz CT molecular complexity index is 647. The number of ketones is 1. The van der Waals surface area contributed by atoms with Gasteiger partial charge in [-0.25, -0.2) is 0 Å². The molecule has 0 amide bonds.